The molecule has 1 heterocycles. The second-order valence-corrected chi connectivity index (χ2v) is 8.71. The highest BCUT2D eigenvalue weighted by molar-refractivity contribution is 7.90. The Kier molecular flexibility index (Phi) is 5.73. The first-order valence-corrected chi connectivity index (χ1v) is 9.40. The van der Waals surface area contributed by atoms with E-state index in [2.05, 4.69) is 29.1 Å². The number of anilines is 1. The van der Waals surface area contributed by atoms with Crippen molar-refractivity contribution < 1.29 is 8.42 Å². The minimum Gasteiger partial charge on any atom is -0.365 e. The number of hydrogen-bond acceptors (Lipinski definition) is 5. The molecule has 0 spiro atoms. The van der Waals surface area contributed by atoms with Crippen LogP contribution in [-0.2, 0) is 9.84 Å². The van der Waals surface area contributed by atoms with Gasteiger partial charge in [-0.1, -0.05) is 13.8 Å². The van der Waals surface area contributed by atoms with E-state index in [0.29, 0.717) is 12.3 Å². The lowest BCUT2D eigenvalue weighted by Crippen LogP contribution is -2.33. The molecule has 1 rings (SSSR count). The summed E-state index contributed by atoms with van der Waals surface area (Å²) in [6.45, 7) is 10.1. The van der Waals surface area contributed by atoms with Crippen molar-refractivity contribution in [2.24, 2.45) is 0 Å². The number of hydrogen-bond donors (Lipinski definition) is 1. The zero-order chi connectivity index (χ0) is 16.3. The smallest absolute Gasteiger partial charge is 0.147 e. The third-order valence-corrected chi connectivity index (χ3v) is 4.43. The Labute approximate surface area is 128 Å². The maximum absolute atomic E-state index is 11.3. The Hall–Kier alpha value is -1.17. The van der Waals surface area contributed by atoms with E-state index in [1.165, 1.54) is 6.26 Å². The highest BCUT2D eigenvalue weighted by Gasteiger charge is 2.21. The summed E-state index contributed by atoms with van der Waals surface area (Å²) in [5.41, 5.74) is 0.582. The van der Waals surface area contributed by atoms with Gasteiger partial charge in [0.15, 0.2) is 0 Å². The third kappa shape index (κ3) is 6.42. The van der Waals surface area contributed by atoms with Crippen LogP contribution in [0.15, 0.2) is 6.07 Å². The molecule has 0 aliphatic heterocycles. The predicted molar refractivity (Wildman–Crippen MR) is 87.5 cm³/mol. The van der Waals surface area contributed by atoms with Gasteiger partial charge < -0.3 is 5.32 Å². The van der Waals surface area contributed by atoms with Crippen molar-refractivity contribution in [2.75, 3.05) is 17.3 Å². The van der Waals surface area contributed by atoms with Gasteiger partial charge in [-0.05, 0) is 33.6 Å². The van der Waals surface area contributed by atoms with Gasteiger partial charge in [-0.3, -0.25) is 0 Å². The zero-order valence-corrected chi connectivity index (χ0v) is 14.7. The van der Waals surface area contributed by atoms with Gasteiger partial charge in [-0.15, -0.1) is 0 Å². The van der Waals surface area contributed by atoms with E-state index in [-0.39, 0.29) is 11.3 Å². The largest absolute Gasteiger partial charge is 0.365 e. The Morgan fingerprint density at radius 3 is 2.48 bits per heavy atom. The minimum atomic E-state index is -2.96. The SMILES string of the molecule is CCC(C)c1nc(C)cc(NC(C)(C)CCS(C)(=O)=O)n1. The molecule has 1 atom stereocenters. The van der Waals surface area contributed by atoms with Gasteiger partial charge in [0.25, 0.3) is 0 Å². The standard InChI is InChI=1S/C15H27N3O2S/c1-7-11(2)14-16-12(3)10-13(17-14)18-15(4,5)8-9-21(6,19)20/h10-11H,7-9H2,1-6H3,(H,16,17,18). The van der Waals surface area contributed by atoms with Gasteiger partial charge in [0.2, 0.25) is 0 Å². The molecule has 1 aromatic heterocycles. The van der Waals surface area contributed by atoms with Crippen molar-refractivity contribution >= 4 is 15.7 Å². The quantitative estimate of drug-likeness (QED) is 0.838. The summed E-state index contributed by atoms with van der Waals surface area (Å²) >= 11 is 0. The first-order chi connectivity index (χ1) is 9.52. The molecule has 0 aromatic carbocycles. The summed E-state index contributed by atoms with van der Waals surface area (Å²) in [7, 11) is -2.96. The van der Waals surface area contributed by atoms with Crippen LogP contribution < -0.4 is 5.32 Å². The molecule has 6 heteroatoms. The molecule has 1 unspecified atom stereocenters. The van der Waals surface area contributed by atoms with Crippen molar-refractivity contribution in [3.05, 3.63) is 17.6 Å². The molecule has 0 bridgehead atoms. The van der Waals surface area contributed by atoms with Crippen LogP contribution in [0, 0.1) is 6.92 Å². The molecule has 21 heavy (non-hydrogen) atoms. The monoisotopic (exact) mass is 313 g/mol. The summed E-state index contributed by atoms with van der Waals surface area (Å²) in [6, 6.07) is 1.90. The van der Waals surface area contributed by atoms with Crippen LogP contribution in [0.1, 0.15) is 58.0 Å². The zero-order valence-electron chi connectivity index (χ0n) is 13.9. The fraction of sp³-hybridized carbons (Fsp3) is 0.733. The van der Waals surface area contributed by atoms with Gasteiger partial charge in [0, 0.05) is 29.5 Å². The van der Waals surface area contributed by atoms with Crippen LogP contribution in [0.2, 0.25) is 0 Å². The first-order valence-electron chi connectivity index (χ1n) is 7.34. The topological polar surface area (TPSA) is 72.0 Å². The Balaban J connectivity index is 2.88. The number of aromatic nitrogens is 2. The van der Waals surface area contributed by atoms with Gasteiger partial charge in [-0.2, -0.15) is 0 Å². The summed E-state index contributed by atoms with van der Waals surface area (Å²) in [5, 5.41) is 3.34. The Morgan fingerprint density at radius 1 is 1.33 bits per heavy atom. The second-order valence-electron chi connectivity index (χ2n) is 6.45. The normalized spacial score (nSPS) is 14.0. The van der Waals surface area contributed by atoms with Gasteiger partial charge in [0.1, 0.15) is 21.5 Å². The lowest BCUT2D eigenvalue weighted by Gasteiger charge is -2.27. The Morgan fingerprint density at radius 2 is 1.95 bits per heavy atom. The van der Waals surface area contributed by atoms with Gasteiger partial charge in [0.05, 0.1) is 5.75 Å². The molecule has 0 aliphatic carbocycles. The van der Waals surface area contributed by atoms with Crippen molar-refractivity contribution in [3.8, 4) is 0 Å². The average molecular weight is 313 g/mol. The van der Waals surface area contributed by atoms with Gasteiger partial charge in [-0.25, -0.2) is 18.4 Å². The molecule has 0 saturated carbocycles. The van der Waals surface area contributed by atoms with E-state index < -0.39 is 9.84 Å². The van der Waals surface area contributed by atoms with Crippen molar-refractivity contribution in [3.63, 3.8) is 0 Å². The molecule has 120 valence electrons. The summed E-state index contributed by atoms with van der Waals surface area (Å²) in [6.07, 6.45) is 2.78. The lowest BCUT2D eigenvalue weighted by atomic mass is 10.0. The number of sulfone groups is 1. The van der Waals surface area contributed by atoms with Crippen LogP contribution in [0.3, 0.4) is 0 Å². The predicted octanol–water partition coefficient (Wildman–Crippen LogP) is 2.92. The van der Waals surface area contributed by atoms with E-state index in [9.17, 15) is 8.42 Å². The van der Waals surface area contributed by atoms with Crippen LogP contribution in [-0.4, -0.2) is 35.9 Å². The summed E-state index contributed by atoms with van der Waals surface area (Å²) in [4.78, 5) is 9.04. The average Bonchev–Trinajstić information content (AvgIpc) is 2.33. The molecule has 0 amide bonds. The molecular formula is C15H27N3O2S. The van der Waals surface area contributed by atoms with Crippen LogP contribution in [0.4, 0.5) is 5.82 Å². The molecule has 1 aromatic rings. The maximum atomic E-state index is 11.3. The van der Waals surface area contributed by atoms with Crippen LogP contribution in [0.5, 0.6) is 0 Å². The fourth-order valence-electron chi connectivity index (χ4n) is 1.91. The fourth-order valence-corrected chi connectivity index (χ4v) is 2.79. The molecule has 1 N–H and O–H groups in total. The Bertz CT molecular complexity index is 583. The number of aryl methyl sites for hydroxylation is 1. The number of nitrogens with one attached hydrogen (secondary N) is 1. The molecule has 0 radical (unpaired) electrons. The lowest BCUT2D eigenvalue weighted by molar-refractivity contribution is 0.532. The number of rotatable bonds is 7. The molecule has 0 aliphatic rings. The van der Waals surface area contributed by atoms with E-state index in [1.54, 1.807) is 0 Å². The summed E-state index contributed by atoms with van der Waals surface area (Å²) in [5.74, 6) is 2.06. The van der Waals surface area contributed by atoms with E-state index in [1.807, 2.05) is 26.8 Å². The molecule has 5 nitrogen and oxygen atoms in total. The van der Waals surface area contributed by atoms with Crippen LogP contribution in [0.25, 0.3) is 0 Å². The molecule has 0 saturated heterocycles. The highest BCUT2D eigenvalue weighted by Crippen LogP contribution is 2.21. The highest BCUT2D eigenvalue weighted by atomic mass is 32.2. The van der Waals surface area contributed by atoms with E-state index in [4.69, 9.17) is 0 Å². The minimum absolute atomic E-state index is 0.162. The third-order valence-electron chi connectivity index (χ3n) is 3.49. The first kappa shape index (κ1) is 17.9. The van der Waals surface area contributed by atoms with Gasteiger partial charge >= 0.3 is 0 Å². The second kappa shape index (κ2) is 6.73. The van der Waals surface area contributed by atoms with Crippen molar-refractivity contribution in [1.82, 2.24) is 9.97 Å². The van der Waals surface area contributed by atoms with E-state index in [0.717, 1.165) is 23.8 Å². The maximum Gasteiger partial charge on any atom is 0.147 e. The molecular weight excluding hydrogens is 286 g/mol. The number of nitrogens with zero attached hydrogens (tertiary/aromatic N) is 2. The molecule has 0 fully saturated rings. The summed E-state index contributed by atoms with van der Waals surface area (Å²) < 4.78 is 22.6. The van der Waals surface area contributed by atoms with Crippen LogP contribution >= 0.6 is 0 Å². The van der Waals surface area contributed by atoms with E-state index >= 15 is 0 Å². The van der Waals surface area contributed by atoms with Crippen molar-refractivity contribution in [2.45, 2.75) is 58.9 Å². The van der Waals surface area contributed by atoms with Crippen molar-refractivity contribution in [1.29, 1.82) is 0 Å².